The predicted octanol–water partition coefficient (Wildman–Crippen LogP) is 2.77. The maximum Gasteiger partial charge on any atom is 0.314 e. The van der Waals surface area contributed by atoms with Gasteiger partial charge in [0.15, 0.2) is 0 Å². The van der Waals surface area contributed by atoms with Crippen molar-refractivity contribution in [3.8, 4) is 5.69 Å². The highest BCUT2D eigenvalue weighted by Crippen LogP contribution is 2.41. The number of hydrogen-bond acceptors (Lipinski definition) is 2. The molecule has 0 radical (unpaired) electrons. The van der Waals surface area contributed by atoms with E-state index in [1.54, 1.807) is 12.5 Å². The van der Waals surface area contributed by atoms with E-state index in [-0.39, 0.29) is 0 Å². The maximum atomic E-state index is 11.6. The molecule has 0 saturated heterocycles. The van der Waals surface area contributed by atoms with E-state index >= 15 is 0 Å². The number of aliphatic carboxylic acids is 1. The molecule has 19 heavy (non-hydrogen) atoms. The molecule has 0 aliphatic heterocycles. The Hall–Kier alpha value is -2.10. The van der Waals surface area contributed by atoms with Crippen molar-refractivity contribution in [1.82, 2.24) is 9.55 Å². The van der Waals surface area contributed by atoms with Crippen molar-refractivity contribution in [3.63, 3.8) is 0 Å². The standard InChI is InChI=1S/C15H16N2O2/c18-14(19)15(7-1-2-8-15)12-3-5-13(6-4-12)17-10-9-16-11-17/h3-6,9-11H,1-2,7-8H2,(H,18,19). The summed E-state index contributed by atoms with van der Waals surface area (Å²) < 4.78 is 1.91. The topological polar surface area (TPSA) is 55.1 Å². The largest absolute Gasteiger partial charge is 0.481 e. The fourth-order valence-electron chi connectivity index (χ4n) is 2.97. The van der Waals surface area contributed by atoms with E-state index in [2.05, 4.69) is 4.98 Å². The van der Waals surface area contributed by atoms with Gasteiger partial charge >= 0.3 is 5.97 Å². The number of benzene rings is 1. The maximum absolute atomic E-state index is 11.6. The van der Waals surface area contributed by atoms with Crippen LogP contribution in [0.25, 0.3) is 5.69 Å². The smallest absolute Gasteiger partial charge is 0.314 e. The van der Waals surface area contributed by atoms with Crippen LogP contribution in [0.3, 0.4) is 0 Å². The molecule has 4 nitrogen and oxygen atoms in total. The minimum atomic E-state index is -0.694. The molecule has 1 N–H and O–H groups in total. The molecular weight excluding hydrogens is 240 g/mol. The predicted molar refractivity (Wildman–Crippen MR) is 71.3 cm³/mol. The van der Waals surface area contributed by atoms with Crippen molar-refractivity contribution in [2.75, 3.05) is 0 Å². The number of rotatable bonds is 3. The molecule has 3 rings (SSSR count). The van der Waals surface area contributed by atoms with Crippen LogP contribution in [0.15, 0.2) is 43.0 Å². The molecule has 0 spiro atoms. The molecule has 4 heteroatoms. The molecule has 1 aromatic carbocycles. The van der Waals surface area contributed by atoms with Crippen molar-refractivity contribution >= 4 is 5.97 Å². The Morgan fingerprint density at radius 2 is 1.89 bits per heavy atom. The van der Waals surface area contributed by atoms with E-state index in [1.165, 1.54) is 0 Å². The van der Waals surface area contributed by atoms with E-state index in [9.17, 15) is 9.90 Å². The van der Waals surface area contributed by atoms with Gasteiger partial charge in [-0.25, -0.2) is 4.98 Å². The Morgan fingerprint density at radius 1 is 1.21 bits per heavy atom. The van der Waals surface area contributed by atoms with Gasteiger partial charge in [0.05, 0.1) is 11.7 Å². The second kappa shape index (κ2) is 4.53. The average molecular weight is 256 g/mol. The number of imidazole rings is 1. The van der Waals surface area contributed by atoms with Gasteiger partial charge in [0, 0.05) is 18.1 Å². The van der Waals surface area contributed by atoms with Gasteiger partial charge in [-0.05, 0) is 30.5 Å². The van der Waals surface area contributed by atoms with Crippen LogP contribution in [0.5, 0.6) is 0 Å². The third-order valence-electron chi connectivity index (χ3n) is 4.09. The molecule has 98 valence electrons. The molecule has 0 atom stereocenters. The van der Waals surface area contributed by atoms with Crippen molar-refractivity contribution in [2.24, 2.45) is 0 Å². The van der Waals surface area contributed by atoms with Gasteiger partial charge in [0.1, 0.15) is 0 Å². The van der Waals surface area contributed by atoms with Crippen LogP contribution in [0.2, 0.25) is 0 Å². The molecule has 2 aromatic rings. The summed E-state index contributed by atoms with van der Waals surface area (Å²) in [5.41, 5.74) is 1.24. The lowest BCUT2D eigenvalue weighted by Gasteiger charge is -2.24. The number of nitrogens with zero attached hydrogens (tertiary/aromatic N) is 2. The van der Waals surface area contributed by atoms with Gasteiger partial charge in [-0.2, -0.15) is 0 Å². The Balaban J connectivity index is 1.96. The van der Waals surface area contributed by atoms with Crippen molar-refractivity contribution in [1.29, 1.82) is 0 Å². The van der Waals surface area contributed by atoms with Crippen LogP contribution in [-0.4, -0.2) is 20.6 Å². The van der Waals surface area contributed by atoms with Gasteiger partial charge in [-0.15, -0.1) is 0 Å². The molecule has 1 fully saturated rings. The van der Waals surface area contributed by atoms with E-state index < -0.39 is 11.4 Å². The molecule has 0 unspecified atom stereocenters. The van der Waals surface area contributed by atoms with Crippen LogP contribution < -0.4 is 0 Å². The summed E-state index contributed by atoms with van der Waals surface area (Å²) in [6.45, 7) is 0. The van der Waals surface area contributed by atoms with Gasteiger partial charge < -0.3 is 9.67 Å². The first-order chi connectivity index (χ1) is 9.22. The van der Waals surface area contributed by atoms with E-state index in [0.717, 1.165) is 36.9 Å². The first-order valence-corrected chi connectivity index (χ1v) is 6.55. The monoisotopic (exact) mass is 256 g/mol. The number of carboxylic acid groups (broad SMARTS) is 1. The third kappa shape index (κ3) is 1.93. The van der Waals surface area contributed by atoms with Crippen LogP contribution in [0.4, 0.5) is 0 Å². The SMILES string of the molecule is O=C(O)C1(c2ccc(-n3ccnc3)cc2)CCCC1. The van der Waals surface area contributed by atoms with Gasteiger partial charge in [0.2, 0.25) is 0 Å². The fourth-order valence-corrected chi connectivity index (χ4v) is 2.97. The number of hydrogen-bond donors (Lipinski definition) is 1. The summed E-state index contributed by atoms with van der Waals surface area (Å²) in [5.74, 6) is -0.694. The van der Waals surface area contributed by atoms with Crippen molar-refractivity contribution in [3.05, 3.63) is 48.5 Å². The Kier molecular flexibility index (Phi) is 2.85. The molecule has 1 saturated carbocycles. The second-order valence-corrected chi connectivity index (χ2v) is 5.11. The highest BCUT2D eigenvalue weighted by Gasteiger charge is 2.42. The van der Waals surface area contributed by atoms with Crippen LogP contribution in [0, 0.1) is 0 Å². The highest BCUT2D eigenvalue weighted by atomic mass is 16.4. The second-order valence-electron chi connectivity index (χ2n) is 5.11. The molecule has 1 aromatic heterocycles. The third-order valence-corrected chi connectivity index (χ3v) is 4.09. The number of carboxylic acids is 1. The first kappa shape index (κ1) is 12.0. The average Bonchev–Trinajstić information content (AvgIpc) is 3.11. The van der Waals surface area contributed by atoms with E-state index in [1.807, 2.05) is 35.0 Å². The Labute approximate surface area is 111 Å². The zero-order valence-corrected chi connectivity index (χ0v) is 10.6. The summed E-state index contributed by atoms with van der Waals surface area (Å²) in [6.07, 6.45) is 8.81. The lowest BCUT2D eigenvalue weighted by atomic mass is 9.79. The zero-order valence-electron chi connectivity index (χ0n) is 10.6. The van der Waals surface area contributed by atoms with Gasteiger partial charge in [0.25, 0.3) is 0 Å². The van der Waals surface area contributed by atoms with Crippen molar-refractivity contribution < 1.29 is 9.90 Å². The minimum Gasteiger partial charge on any atom is -0.481 e. The van der Waals surface area contributed by atoms with E-state index in [4.69, 9.17) is 0 Å². The van der Waals surface area contributed by atoms with Gasteiger partial charge in [-0.3, -0.25) is 4.79 Å². The van der Waals surface area contributed by atoms with Crippen LogP contribution in [0.1, 0.15) is 31.2 Å². The highest BCUT2D eigenvalue weighted by molar-refractivity contribution is 5.81. The summed E-state index contributed by atoms with van der Waals surface area (Å²) >= 11 is 0. The summed E-state index contributed by atoms with van der Waals surface area (Å²) in [4.78, 5) is 15.6. The van der Waals surface area contributed by atoms with Crippen LogP contribution in [-0.2, 0) is 10.2 Å². The fraction of sp³-hybridized carbons (Fsp3) is 0.333. The summed E-state index contributed by atoms with van der Waals surface area (Å²) in [6, 6.07) is 7.80. The Bertz CT molecular complexity index is 567. The normalized spacial score (nSPS) is 17.5. The molecule has 1 aliphatic carbocycles. The molecular formula is C15H16N2O2. The zero-order chi connectivity index (χ0) is 13.3. The minimum absolute atomic E-state index is 0.673. The molecule has 1 aliphatic rings. The number of carbonyl (C=O) groups is 1. The van der Waals surface area contributed by atoms with E-state index in [0.29, 0.717) is 0 Å². The molecule has 0 bridgehead atoms. The first-order valence-electron chi connectivity index (χ1n) is 6.55. The quantitative estimate of drug-likeness (QED) is 0.918. The summed E-state index contributed by atoms with van der Waals surface area (Å²) in [5, 5.41) is 9.56. The summed E-state index contributed by atoms with van der Waals surface area (Å²) in [7, 11) is 0. The Morgan fingerprint density at radius 3 is 2.42 bits per heavy atom. The molecule has 1 heterocycles. The number of aromatic nitrogens is 2. The lowest BCUT2D eigenvalue weighted by Crippen LogP contribution is -2.32. The van der Waals surface area contributed by atoms with Gasteiger partial charge in [-0.1, -0.05) is 25.0 Å². The van der Waals surface area contributed by atoms with Crippen LogP contribution >= 0.6 is 0 Å². The molecule has 0 amide bonds. The lowest BCUT2D eigenvalue weighted by molar-refractivity contribution is -0.143. The van der Waals surface area contributed by atoms with Crippen molar-refractivity contribution in [2.45, 2.75) is 31.1 Å².